The van der Waals surface area contributed by atoms with Gasteiger partial charge in [-0.2, -0.15) is 0 Å². The van der Waals surface area contributed by atoms with Crippen molar-refractivity contribution in [3.8, 4) is 0 Å². The first-order valence-corrected chi connectivity index (χ1v) is 8.77. The number of carbonyl (C=O) groups excluding carboxylic acids is 5. The number of carbonyl (C=O) groups is 5. The van der Waals surface area contributed by atoms with Gasteiger partial charge in [-0.1, -0.05) is 32.0 Å². The largest absolute Gasteiger partial charge is 0.454 e. The fraction of sp³-hybridized carbons (Fsp3) is 0.389. The summed E-state index contributed by atoms with van der Waals surface area (Å²) in [7, 11) is 0. The quantitative estimate of drug-likeness (QED) is 0.343. The Labute approximate surface area is 161 Å². The molecule has 0 spiro atoms. The van der Waals surface area contributed by atoms with Gasteiger partial charge in [-0.3, -0.25) is 34.9 Å². The maximum Gasteiger partial charge on any atom is 0.326 e. The second-order valence-electron chi connectivity index (χ2n) is 6.14. The van der Waals surface area contributed by atoms with E-state index in [2.05, 4.69) is 16.2 Å². The Morgan fingerprint density at radius 1 is 1.07 bits per heavy atom. The van der Waals surface area contributed by atoms with Crippen LogP contribution in [-0.2, 0) is 19.1 Å². The first-order valence-electron chi connectivity index (χ1n) is 8.77. The molecule has 0 radical (unpaired) electrons. The molecule has 1 saturated heterocycles. The summed E-state index contributed by atoms with van der Waals surface area (Å²) in [5, 5.41) is 2.59. The summed E-state index contributed by atoms with van der Waals surface area (Å²) in [5.41, 5.74) is 3.60. The van der Waals surface area contributed by atoms with Gasteiger partial charge in [-0.25, -0.2) is 4.79 Å². The zero-order chi connectivity index (χ0) is 20.7. The molecule has 0 aliphatic carbocycles. The molecular formula is C18H22N4O6. The highest BCUT2D eigenvalue weighted by atomic mass is 16.5. The van der Waals surface area contributed by atoms with Crippen molar-refractivity contribution in [3.05, 3.63) is 35.9 Å². The van der Waals surface area contributed by atoms with E-state index in [9.17, 15) is 24.0 Å². The smallest absolute Gasteiger partial charge is 0.326 e. The minimum absolute atomic E-state index is 0.341. The Morgan fingerprint density at radius 2 is 1.71 bits per heavy atom. The van der Waals surface area contributed by atoms with E-state index in [-0.39, 0.29) is 0 Å². The maximum absolute atomic E-state index is 12.4. The van der Waals surface area contributed by atoms with Crippen LogP contribution in [0.25, 0.3) is 0 Å². The van der Waals surface area contributed by atoms with Crippen LogP contribution >= 0.6 is 0 Å². The van der Waals surface area contributed by atoms with Crippen LogP contribution in [0.2, 0.25) is 0 Å². The van der Waals surface area contributed by atoms with Crippen LogP contribution in [0, 0.1) is 0 Å². The molecule has 1 aliphatic heterocycles. The number of hydrogen-bond acceptors (Lipinski definition) is 6. The average Bonchev–Trinajstić information content (AvgIpc) is 2.95. The third-order valence-electron chi connectivity index (χ3n) is 4.46. The van der Waals surface area contributed by atoms with E-state index in [0.717, 1.165) is 4.90 Å². The first kappa shape index (κ1) is 20.9. The second-order valence-corrected chi connectivity index (χ2v) is 6.14. The molecule has 1 aromatic rings. The molecule has 2 rings (SSSR count). The molecule has 5 amide bonds. The first-order chi connectivity index (χ1) is 13.3. The van der Waals surface area contributed by atoms with E-state index in [0.29, 0.717) is 18.4 Å². The van der Waals surface area contributed by atoms with Gasteiger partial charge in [-0.15, -0.1) is 0 Å². The van der Waals surface area contributed by atoms with Crippen LogP contribution in [0.15, 0.2) is 30.3 Å². The van der Waals surface area contributed by atoms with Crippen LogP contribution in [0.4, 0.5) is 4.79 Å². The summed E-state index contributed by atoms with van der Waals surface area (Å²) < 4.78 is 4.76. The van der Waals surface area contributed by atoms with Crippen LogP contribution in [0.1, 0.15) is 37.0 Å². The monoisotopic (exact) mass is 390 g/mol. The van der Waals surface area contributed by atoms with Crippen molar-refractivity contribution < 1.29 is 28.7 Å². The number of nitrogens with zero attached hydrogens (tertiary/aromatic N) is 1. The summed E-state index contributed by atoms with van der Waals surface area (Å²) in [6.07, 6.45) is 0.784. The molecule has 1 aliphatic rings. The van der Waals surface area contributed by atoms with Crippen LogP contribution in [0.3, 0.4) is 0 Å². The minimum Gasteiger partial charge on any atom is -0.454 e. The highest BCUT2D eigenvalue weighted by molar-refractivity contribution is 6.08. The number of urea groups is 1. The highest BCUT2D eigenvalue weighted by Gasteiger charge is 2.49. The van der Waals surface area contributed by atoms with Crippen LogP contribution < -0.4 is 16.2 Å². The predicted molar refractivity (Wildman–Crippen MR) is 96.6 cm³/mol. The Hall–Kier alpha value is -3.43. The molecule has 0 bridgehead atoms. The van der Waals surface area contributed by atoms with Crippen molar-refractivity contribution >= 4 is 29.7 Å². The SMILES string of the molecule is CCC1(CC)NC(=O)N(CC(=O)OCC(=O)NNC(=O)c2ccccc2)C1=O. The fourth-order valence-electron chi connectivity index (χ4n) is 2.69. The Balaban J connectivity index is 1.78. The number of amides is 5. The number of imide groups is 1. The minimum atomic E-state index is -1.02. The Kier molecular flexibility index (Phi) is 6.69. The Bertz CT molecular complexity index is 776. The number of ether oxygens (including phenoxy) is 1. The highest BCUT2D eigenvalue weighted by Crippen LogP contribution is 2.24. The lowest BCUT2D eigenvalue weighted by Crippen LogP contribution is -2.46. The molecule has 0 unspecified atom stereocenters. The zero-order valence-electron chi connectivity index (χ0n) is 15.6. The number of rotatable bonds is 7. The van der Waals surface area contributed by atoms with Gasteiger partial charge in [0.2, 0.25) is 0 Å². The topological polar surface area (TPSA) is 134 Å². The van der Waals surface area contributed by atoms with E-state index in [1.165, 1.54) is 0 Å². The molecule has 1 aromatic carbocycles. The van der Waals surface area contributed by atoms with Crippen molar-refractivity contribution in [1.82, 2.24) is 21.1 Å². The van der Waals surface area contributed by atoms with Crippen LogP contribution in [-0.4, -0.2) is 53.3 Å². The molecule has 1 fully saturated rings. The summed E-state index contributed by atoms with van der Waals surface area (Å²) >= 11 is 0. The van der Waals surface area contributed by atoms with Gasteiger partial charge in [0.15, 0.2) is 6.61 Å². The van der Waals surface area contributed by atoms with Crippen molar-refractivity contribution in [2.45, 2.75) is 32.2 Å². The molecule has 0 aromatic heterocycles. The van der Waals surface area contributed by atoms with E-state index in [4.69, 9.17) is 4.74 Å². The van der Waals surface area contributed by atoms with Gasteiger partial charge >= 0.3 is 12.0 Å². The van der Waals surface area contributed by atoms with Gasteiger partial charge in [0, 0.05) is 5.56 Å². The van der Waals surface area contributed by atoms with Gasteiger partial charge in [0.1, 0.15) is 12.1 Å². The number of hydrazine groups is 1. The summed E-state index contributed by atoms with van der Waals surface area (Å²) in [4.78, 5) is 60.5. The Morgan fingerprint density at radius 3 is 2.29 bits per heavy atom. The van der Waals surface area contributed by atoms with Crippen molar-refractivity contribution in [1.29, 1.82) is 0 Å². The molecule has 3 N–H and O–H groups in total. The van der Waals surface area contributed by atoms with Gasteiger partial charge in [-0.05, 0) is 25.0 Å². The third kappa shape index (κ3) is 4.64. The number of esters is 1. The molecule has 0 atom stereocenters. The summed E-state index contributed by atoms with van der Waals surface area (Å²) in [5.74, 6) is -2.73. The summed E-state index contributed by atoms with van der Waals surface area (Å²) in [6.45, 7) is 2.25. The molecule has 150 valence electrons. The average molecular weight is 390 g/mol. The normalized spacial score (nSPS) is 15.0. The number of hydrogen-bond donors (Lipinski definition) is 3. The van der Waals surface area contributed by atoms with Gasteiger partial charge in [0.25, 0.3) is 17.7 Å². The molecule has 1 heterocycles. The second kappa shape index (κ2) is 8.98. The molecule has 10 heteroatoms. The lowest BCUT2D eigenvalue weighted by atomic mass is 9.93. The van der Waals surface area contributed by atoms with E-state index >= 15 is 0 Å². The molecule has 28 heavy (non-hydrogen) atoms. The summed E-state index contributed by atoms with van der Waals surface area (Å²) in [6, 6.07) is 7.52. The standard InChI is InChI=1S/C18H22N4O6/c1-3-18(4-2)16(26)22(17(27)19-18)10-14(24)28-11-13(23)20-21-15(25)12-8-6-5-7-9-12/h5-9H,3-4,10-11H2,1-2H3,(H,19,27)(H,20,23)(H,21,25). The van der Waals surface area contributed by atoms with Crippen molar-refractivity contribution in [2.24, 2.45) is 0 Å². The predicted octanol–water partition coefficient (Wildman–Crippen LogP) is 0.101. The number of nitrogens with one attached hydrogen (secondary N) is 3. The van der Waals surface area contributed by atoms with E-state index in [1.54, 1.807) is 44.2 Å². The van der Waals surface area contributed by atoms with E-state index < -0.39 is 48.4 Å². The van der Waals surface area contributed by atoms with Crippen molar-refractivity contribution in [2.75, 3.05) is 13.2 Å². The molecule has 0 saturated carbocycles. The zero-order valence-corrected chi connectivity index (χ0v) is 15.6. The van der Waals surface area contributed by atoms with Gasteiger partial charge in [0.05, 0.1) is 0 Å². The van der Waals surface area contributed by atoms with Crippen LogP contribution in [0.5, 0.6) is 0 Å². The molecule has 10 nitrogen and oxygen atoms in total. The lowest BCUT2D eigenvalue weighted by Gasteiger charge is -2.22. The maximum atomic E-state index is 12.4. The lowest BCUT2D eigenvalue weighted by molar-refractivity contribution is -0.151. The number of benzene rings is 1. The van der Waals surface area contributed by atoms with E-state index in [1.807, 2.05) is 0 Å². The molecular weight excluding hydrogens is 368 g/mol. The van der Waals surface area contributed by atoms with Crippen molar-refractivity contribution in [3.63, 3.8) is 0 Å². The fourth-order valence-corrected chi connectivity index (χ4v) is 2.69. The van der Waals surface area contributed by atoms with Gasteiger partial charge < -0.3 is 10.1 Å². The third-order valence-corrected chi connectivity index (χ3v) is 4.46.